The molecule has 1 aliphatic heterocycles. The van der Waals surface area contributed by atoms with Gasteiger partial charge in [-0.05, 0) is 31.2 Å². The molecule has 0 atom stereocenters. The second kappa shape index (κ2) is 4.20. The number of rotatable bonds is 2. The van der Waals surface area contributed by atoms with Crippen LogP contribution in [-0.2, 0) is 0 Å². The van der Waals surface area contributed by atoms with Crippen molar-refractivity contribution < 1.29 is 14.0 Å². The molecule has 94 valence electrons. The van der Waals surface area contributed by atoms with Gasteiger partial charge in [0.05, 0.1) is 17.3 Å². The van der Waals surface area contributed by atoms with Crippen LogP contribution in [0.5, 0.6) is 0 Å². The Balaban J connectivity index is 1.90. The number of hydrogen-bond acceptors (Lipinski definition) is 4. The zero-order valence-corrected chi connectivity index (χ0v) is 10.2. The molecule has 1 aromatic carbocycles. The minimum absolute atomic E-state index is 0.375. The smallest absolute Gasteiger partial charge is 0.282 e. The van der Waals surface area contributed by atoms with Crippen molar-refractivity contribution in [2.24, 2.45) is 5.10 Å². The van der Waals surface area contributed by atoms with Crippen molar-refractivity contribution in [1.82, 2.24) is 5.01 Å². The van der Waals surface area contributed by atoms with E-state index in [1.165, 1.54) is 6.21 Å². The number of fused-ring (bicyclic) bond motifs is 1. The average Bonchev–Trinajstić information content (AvgIpc) is 2.93. The van der Waals surface area contributed by atoms with E-state index in [2.05, 4.69) is 5.10 Å². The SMILES string of the molecule is Cc1ccc(C=NN2C(=O)c3ccccc3C2=O)o1. The van der Waals surface area contributed by atoms with Crippen molar-refractivity contribution in [2.45, 2.75) is 6.92 Å². The third kappa shape index (κ3) is 1.85. The van der Waals surface area contributed by atoms with Crippen LogP contribution >= 0.6 is 0 Å². The second-order valence-corrected chi connectivity index (χ2v) is 4.16. The molecule has 0 unspecified atom stereocenters. The third-order valence-corrected chi connectivity index (χ3v) is 2.83. The molecule has 0 fully saturated rings. The zero-order chi connectivity index (χ0) is 13.4. The van der Waals surface area contributed by atoms with E-state index in [0.717, 1.165) is 10.8 Å². The summed E-state index contributed by atoms with van der Waals surface area (Å²) < 4.78 is 5.29. The Morgan fingerprint density at radius 3 is 2.21 bits per heavy atom. The summed E-state index contributed by atoms with van der Waals surface area (Å²) in [7, 11) is 0. The Morgan fingerprint density at radius 2 is 1.68 bits per heavy atom. The molecule has 0 saturated heterocycles. The maximum Gasteiger partial charge on any atom is 0.282 e. The van der Waals surface area contributed by atoms with Crippen molar-refractivity contribution in [3.63, 3.8) is 0 Å². The predicted octanol–water partition coefficient (Wildman–Crippen LogP) is 2.22. The Morgan fingerprint density at radius 1 is 1.05 bits per heavy atom. The molecular weight excluding hydrogens is 244 g/mol. The van der Waals surface area contributed by atoms with Crippen molar-refractivity contribution in [2.75, 3.05) is 0 Å². The first-order valence-corrected chi connectivity index (χ1v) is 5.75. The summed E-state index contributed by atoms with van der Waals surface area (Å²) >= 11 is 0. The first-order valence-electron chi connectivity index (χ1n) is 5.75. The van der Waals surface area contributed by atoms with E-state index in [1.807, 2.05) is 0 Å². The maximum absolute atomic E-state index is 12.0. The number of furan rings is 1. The van der Waals surface area contributed by atoms with Crippen LogP contribution in [0.25, 0.3) is 0 Å². The minimum Gasteiger partial charge on any atom is -0.460 e. The number of nitrogens with zero attached hydrogens (tertiary/aromatic N) is 2. The van der Waals surface area contributed by atoms with E-state index in [-0.39, 0.29) is 0 Å². The molecular formula is C14H10N2O3. The summed E-state index contributed by atoms with van der Waals surface area (Å²) in [6, 6.07) is 10.2. The van der Waals surface area contributed by atoms with E-state index >= 15 is 0 Å². The molecule has 1 aromatic heterocycles. The van der Waals surface area contributed by atoms with E-state index < -0.39 is 11.8 Å². The van der Waals surface area contributed by atoms with Gasteiger partial charge >= 0.3 is 0 Å². The number of hydrazone groups is 1. The van der Waals surface area contributed by atoms with Crippen molar-refractivity contribution in [3.05, 3.63) is 59.0 Å². The number of amides is 2. The van der Waals surface area contributed by atoms with Crippen LogP contribution in [-0.4, -0.2) is 23.0 Å². The molecule has 2 heterocycles. The van der Waals surface area contributed by atoms with Gasteiger partial charge in [0.1, 0.15) is 11.5 Å². The fourth-order valence-electron chi connectivity index (χ4n) is 1.92. The first-order chi connectivity index (χ1) is 9.16. The van der Waals surface area contributed by atoms with E-state index in [9.17, 15) is 9.59 Å². The monoisotopic (exact) mass is 254 g/mol. The molecule has 0 aliphatic carbocycles. The lowest BCUT2D eigenvalue weighted by molar-refractivity contribution is 0.0660. The van der Waals surface area contributed by atoms with Gasteiger partial charge in [-0.25, -0.2) is 0 Å². The van der Waals surface area contributed by atoms with Crippen molar-refractivity contribution in [1.29, 1.82) is 0 Å². The number of imide groups is 1. The van der Waals surface area contributed by atoms with Gasteiger partial charge in [-0.3, -0.25) is 9.59 Å². The topological polar surface area (TPSA) is 62.9 Å². The van der Waals surface area contributed by atoms with E-state index in [0.29, 0.717) is 16.9 Å². The van der Waals surface area contributed by atoms with E-state index in [4.69, 9.17) is 4.42 Å². The Hall–Kier alpha value is -2.69. The fourth-order valence-corrected chi connectivity index (χ4v) is 1.92. The molecule has 0 spiro atoms. The summed E-state index contributed by atoms with van der Waals surface area (Å²) in [5, 5.41) is 4.75. The highest BCUT2D eigenvalue weighted by Crippen LogP contribution is 2.22. The zero-order valence-electron chi connectivity index (χ0n) is 10.2. The molecule has 0 radical (unpaired) electrons. The lowest BCUT2D eigenvalue weighted by Crippen LogP contribution is -2.23. The Labute approximate surface area is 109 Å². The normalized spacial score (nSPS) is 14.5. The molecule has 0 saturated carbocycles. The maximum atomic E-state index is 12.0. The van der Waals surface area contributed by atoms with Crippen molar-refractivity contribution >= 4 is 18.0 Å². The predicted molar refractivity (Wildman–Crippen MR) is 68.0 cm³/mol. The molecule has 1 aliphatic rings. The molecule has 19 heavy (non-hydrogen) atoms. The van der Waals surface area contributed by atoms with Crippen LogP contribution in [0.15, 0.2) is 45.9 Å². The molecule has 3 rings (SSSR count). The average molecular weight is 254 g/mol. The molecule has 0 bridgehead atoms. The largest absolute Gasteiger partial charge is 0.460 e. The number of carbonyl (C=O) groups excluding carboxylic acids is 2. The number of aryl methyl sites for hydroxylation is 1. The van der Waals surface area contributed by atoms with Crippen LogP contribution in [0.1, 0.15) is 32.2 Å². The molecule has 5 nitrogen and oxygen atoms in total. The van der Waals surface area contributed by atoms with Crippen LogP contribution < -0.4 is 0 Å². The summed E-state index contributed by atoms with van der Waals surface area (Å²) in [5.41, 5.74) is 0.751. The standard InChI is InChI=1S/C14H10N2O3/c1-9-6-7-10(19-9)8-15-16-13(17)11-4-2-3-5-12(11)14(16)18/h2-8H,1H3. The highest BCUT2D eigenvalue weighted by atomic mass is 16.3. The summed E-state index contributed by atoms with van der Waals surface area (Å²) in [4.78, 5) is 24.0. The second-order valence-electron chi connectivity index (χ2n) is 4.16. The number of carbonyl (C=O) groups is 2. The minimum atomic E-state index is -0.417. The molecule has 0 N–H and O–H groups in total. The van der Waals surface area contributed by atoms with Crippen LogP contribution in [0, 0.1) is 6.92 Å². The number of hydrogen-bond donors (Lipinski definition) is 0. The van der Waals surface area contributed by atoms with E-state index in [1.54, 1.807) is 43.3 Å². The van der Waals surface area contributed by atoms with Gasteiger partial charge in [-0.2, -0.15) is 10.1 Å². The molecule has 2 aromatic rings. The van der Waals surface area contributed by atoms with Crippen LogP contribution in [0.2, 0.25) is 0 Å². The van der Waals surface area contributed by atoms with Gasteiger partial charge in [0, 0.05) is 0 Å². The quantitative estimate of drug-likeness (QED) is 0.609. The molecule has 5 heteroatoms. The number of benzene rings is 1. The first kappa shape index (κ1) is 11.4. The highest BCUT2D eigenvalue weighted by Gasteiger charge is 2.35. The Kier molecular flexibility index (Phi) is 2.52. The van der Waals surface area contributed by atoms with Crippen molar-refractivity contribution in [3.8, 4) is 0 Å². The van der Waals surface area contributed by atoms with Crippen LogP contribution in [0.4, 0.5) is 0 Å². The molecule has 2 amide bonds. The third-order valence-electron chi connectivity index (χ3n) is 2.83. The Bertz CT molecular complexity index is 665. The summed E-state index contributed by atoms with van der Waals surface area (Å²) in [6.45, 7) is 1.80. The van der Waals surface area contributed by atoms with Gasteiger partial charge in [0.25, 0.3) is 11.8 Å². The van der Waals surface area contributed by atoms with Gasteiger partial charge in [-0.1, -0.05) is 12.1 Å². The van der Waals surface area contributed by atoms with Gasteiger partial charge < -0.3 is 4.42 Å². The summed E-state index contributed by atoms with van der Waals surface area (Å²) in [6.07, 6.45) is 1.36. The van der Waals surface area contributed by atoms with Gasteiger partial charge in [0.2, 0.25) is 0 Å². The van der Waals surface area contributed by atoms with Crippen LogP contribution in [0.3, 0.4) is 0 Å². The lowest BCUT2D eigenvalue weighted by atomic mass is 10.1. The lowest BCUT2D eigenvalue weighted by Gasteiger charge is -2.04. The van der Waals surface area contributed by atoms with Gasteiger partial charge in [-0.15, -0.1) is 0 Å². The highest BCUT2D eigenvalue weighted by molar-refractivity contribution is 6.21. The van der Waals surface area contributed by atoms with Gasteiger partial charge in [0.15, 0.2) is 0 Å². The fraction of sp³-hybridized carbons (Fsp3) is 0.0714. The summed E-state index contributed by atoms with van der Waals surface area (Å²) in [5.74, 6) is 0.401.